The maximum atomic E-state index is 12.6. The number of rotatable bonds is 8. The molecule has 2 aromatic carbocycles. The van der Waals surface area contributed by atoms with Gasteiger partial charge in [0, 0.05) is 31.0 Å². The molecule has 2 aromatic rings. The van der Waals surface area contributed by atoms with Gasteiger partial charge in [-0.1, -0.05) is 32.9 Å². The second-order valence-electron chi connectivity index (χ2n) is 8.99. The molecular formula is C24H32N2O5S. The topological polar surface area (TPSA) is 93.7 Å². The summed E-state index contributed by atoms with van der Waals surface area (Å²) in [4.78, 5) is 12.6. The van der Waals surface area contributed by atoms with Gasteiger partial charge in [-0.2, -0.15) is 0 Å². The fourth-order valence-electron chi connectivity index (χ4n) is 3.54. The molecule has 1 heterocycles. The van der Waals surface area contributed by atoms with Crippen LogP contribution in [0.15, 0.2) is 41.3 Å². The van der Waals surface area contributed by atoms with Crippen LogP contribution in [0.3, 0.4) is 0 Å². The molecule has 1 amide bonds. The van der Waals surface area contributed by atoms with Crippen LogP contribution < -0.4 is 19.5 Å². The van der Waals surface area contributed by atoms with Crippen molar-refractivity contribution in [1.29, 1.82) is 0 Å². The Morgan fingerprint density at radius 2 is 1.88 bits per heavy atom. The molecule has 8 heteroatoms. The molecule has 2 N–H and O–H groups in total. The molecule has 1 atom stereocenters. The summed E-state index contributed by atoms with van der Waals surface area (Å²) in [5, 5.41) is 2.81. The van der Waals surface area contributed by atoms with Crippen molar-refractivity contribution in [2.24, 2.45) is 0 Å². The van der Waals surface area contributed by atoms with Crippen molar-refractivity contribution in [2.45, 2.75) is 63.9 Å². The monoisotopic (exact) mass is 460 g/mol. The normalized spacial score (nSPS) is 15.7. The van der Waals surface area contributed by atoms with E-state index in [1.54, 1.807) is 18.2 Å². The Kier molecular flexibility index (Phi) is 7.15. The van der Waals surface area contributed by atoms with Crippen molar-refractivity contribution in [2.75, 3.05) is 18.5 Å². The summed E-state index contributed by atoms with van der Waals surface area (Å²) in [6.45, 7) is 10.5. The lowest BCUT2D eigenvalue weighted by Gasteiger charge is -2.19. The number of fused-ring (bicyclic) bond motifs is 1. The van der Waals surface area contributed by atoms with Gasteiger partial charge in [-0.15, -0.1) is 0 Å². The summed E-state index contributed by atoms with van der Waals surface area (Å²) in [5.74, 6) is 0.996. The highest BCUT2D eigenvalue weighted by Crippen LogP contribution is 2.38. The van der Waals surface area contributed by atoms with Crippen LogP contribution in [0.25, 0.3) is 0 Å². The molecule has 0 bridgehead atoms. The first-order valence-corrected chi connectivity index (χ1v) is 12.3. The van der Waals surface area contributed by atoms with Crippen LogP contribution in [0.1, 0.15) is 52.2 Å². The largest absolute Gasteiger partial charge is 0.492 e. The molecule has 1 aliphatic rings. The maximum absolute atomic E-state index is 12.6. The van der Waals surface area contributed by atoms with Crippen LogP contribution in [-0.4, -0.2) is 33.6 Å². The average Bonchev–Trinajstić information content (AvgIpc) is 3.06. The second-order valence-corrected chi connectivity index (χ2v) is 10.8. The summed E-state index contributed by atoms with van der Waals surface area (Å²) < 4.78 is 39.0. The smallest absolute Gasteiger partial charge is 0.240 e. The molecule has 0 spiro atoms. The van der Waals surface area contributed by atoms with Crippen LogP contribution in [0.4, 0.5) is 5.69 Å². The predicted octanol–water partition coefficient (Wildman–Crippen LogP) is 4.01. The van der Waals surface area contributed by atoms with Crippen molar-refractivity contribution in [3.05, 3.63) is 47.5 Å². The zero-order valence-corrected chi connectivity index (χ0v) is 20.1. The fourth-order valence-corrected chi connectivity index (χ4v) is 4.57. The Balaban J connectivity index is 1.60. The molecule has 1 aliphatic heterocycles. The quantitative estimate of drug-likeness (QED) is 0.621. The molecule has 0 radical (unpaired) electrons. The molecule has 0 saturated carbocycles. The Morgan fingerprint density at radius 3 is 2.50 bits per heavy atom. The number of hydrogen-bond donors (Lipinski definition) is 2. The van der Waals surface area contributed by atoms with Crippen molar-refractivity contribution in [3.8, 4) is 11.5 Å². The first-order valence-electron chi connectivity index (χ1n) is 10.9. The second kappa shape index (κ2) is 9.50. The van der Waals surface area contributed by atoms with Gasteiger partial charge in [-0.05, 0) is 43.0 Å². The van der Waals surface area contributed by atoms with Crippen LogP contribution >= 0.6 is 0 Å². The molecule has 1 unspecified atom stereocenters. The Bertz CT molecular complexity index is 1070. The Morgan fingerprint density at radius 1 is 1.19 bits per heavy atom. The fraction of sp³-hybridized carbons (Fsp3) is 0.458. The third kappa shape index (κ3) is 5.81. The number of sulfonamides is 1. The number of amides is 1. The number of hydrogen-bond acceptors (Lipinski definition) is 5. The molecule has 7 nitrogen and oxygen atoms in total. The third-order valence-corrected chi connectivity index (χ3v) is 6.72. The molecule has 0 saturated heterocycles. The number of carbonyl (C=O) groups excluding carboxylic acids is 1. The van der Waals surface area contributed by atoms with Crippen LogP contribution in [0, 0.1) is 0 Å². The molecule has 0 aliphatic carbocycles. The van der Waals surface area contributed by atoms with Crippen molar-refractivity contribution < 1.29 is 22.7 Å². The van der Waals surface area contributed by atoms with Crippen LogP contribution in [0.5, 0.6) is 11.5 Å². The average molecular weight is 461 g/mol. The SMILES string of the molecule is CCOc1cc2c(cc1NC(=O)CCNS(=O)(=O)c1ccc(C(C)(C)C)cc1)OC(C)C2. The summed E-state index contributed by atoms with van der Waals surface area (Å²) in [7, 11) is -3.70. The number of anilines is 1. The van der Waals surface area contributed by atoms with E-state index in [0.717, 1.165) is 23.3 Å². The number of ether oxygens (including phenoxy) is 2. The maximum Gasteiger partial charge on any atom is 0.240 e. The zero-order chi connectivity index (χ0) is 23.5. The van der Waals surface area contributed by atoms with Gasteiger partial charge in [0.2, 0.25) is 15.9 Å². The standard InChI is InChI=1S/C24H32N2O5S/c1-6-30-22-14-17-13-16(2)31-21(17)15-20(22)26-23(27)11-12-25-32(28,29)19-9-7-18(8-10-19)24(3,4)5/h7-10,14-16,25H,6,11-13H2,1-5H3,(H,26,27). The van der Waals surface area contributed by atoms with E-state index < -0.39 is 10.0 Å². The lowest BCUT2D eigenvalue weighted by molar-refractivity contribution is -0.116. The molecule has 3 rings (SSSR count). The zero-order valence-electron chi connectivity index (χ0n) is 19.3. The van der Waals surface area contributed by atoms with Gasteiger partial charge in [-0.3, -0.25) is 4.79 Å². The number of nitrogens with one attached hydrogen (secondary N) is 2. The summed E-state index contributed by atoms with van der Waals surface area (Å²) in [6.07, 6.45) is 0.860. The lowest BCUT2D eigenvalue weighted by atomic mass is 9.87. The van der Waals surface area contributed by atoms with E-state index in [1.807, 2.05) is 32.0 Å². The highest BCUT2D eigenvalue weighted by Gasteiger charge is 2.23. The summed E-state index contributed by atoms with van der Waals surface area (Å²) in [6, 6.07) is 10.5. The summed E-state index contributed by atoms with van der Waals surface area (Å²) >= 11 is 0. The predicted molar refractivity (Wildman–Crippen MR) is 125 cm³/mol. The highest BCUT2D eigenvalue weighted by molar-refractivity contribution is 7.89. The molecule has 0 fully saturated rings. The number of carbonyl (C=O) groups is 1. The van der Waals surface area contributed by atoms with Gasteiger partial charge in [0.05, 0.1) is 17.2 Å². The molecular weight excluding hydrogens is 428 g/mol. The minimum atomic E-state index is -3.70. The van der Waals surface area contributed by atoms with E-state index in [-0.39, 0.29) is 35.3 Å². The molecule has 174 valence electrons. The van der Waals surface area contributed by atoms with Gasteiger partial charge < -0.3 is 14.8 Å². The van der Waals surface area contributed by atoms with Crippen molar-refractivity contribution in [1.82, 2.24) is 4.72 Å². The molecule has 0 aromatic heterocycles. The van der Waals surface area contributed by atoms with E-state index in [1.165, 1.54) is 0 Å². The van der Waals surface area contributed by atoms with Crippen molar-refractivity contribution >= 4 is 21.6 Å². The third-order valence-electron chi connectivity index (χ3n) is 5.25. The number of benzene rings is 2. The van der Waals surface area contributed by atoms with Crippen LogP contribution in [0.2, 0.25) is 0 Å². The first-order chi connectivity index (χ1) is 15.0. The Hall–Kier alpha value is -2.58. The minimum absolute atomic E-state index is 0.0147. The van der Waals surface area contributed by atoms with E-state index in [2.05, 4.69) is 30.8 Å². The van der Waals surface area contributed by atoms with Crippen LogP contribution in [-0.2, 0) is 26.7 Å². The lowest BCUT2D eigenvalue weighted by Crippen LogP contribution is -2.28. The van der Waals surface area contributed by atoms with E-state index in [4.69, 9.17) is 9.47 Å². The van der Waals surface area contributed by atoms with E-state index >= 15 is 0 Å². The van der Waals surface area contributed by atoms with Gasteiger partial charge >= 0.3 is 0 Å². The summed E-state index contributed by atoms with van der Waals surface area (Å²) in [5.41, 5.74) is 2.55. The first kappa shape index (κ1) is 24.1. The molecule has 32 heavy (non-hydrogen) atoms. The highest BCUT2D eigenvalue weighted by atomic mass is 32.2. The van der Waals surface area contributed by atoms with Gasteiger partial charge in [0.1, 0.15) is 17.6 Å². The van der Waals surface area contributed by atoms with Gasteiger partial charge in [0.25, 0.3) is 0 Å². The van der Waals surface area contributed by atoms with E-state index in [0.29, 0.717) is 18.0 Å². The van der Waals surface area contributed by atoms with E-state index in [9.17, 15) is 13.2 Å². The Labute approximate surface area is 190 Å². The minimum Gasteiger partial charge on any atom is -0.492 e. The van der Waals surface area contributed by atoms with Crippen molar-refractivity contribution in [3.63, 3.8) is 0 Å². The van der Waals surface area contributed by atoms with Gasteiger partial charge in [0.15, 0.2) is 0 Å². The van der Waals surface area contributed by atoms with Gasteiger partial charge in [-0.25, -0.2) is 13.1 Å².